The smallest absolute Gasteiger partial charge is 0.186 e. The summed E-state index contributed by atoms with van der Waals surface area (Å²) < 4.78 is 14.2. The van der Waals surface area contributed by atoms with Crippen LogP contribution in [0.25, 0.3) is 10.2 Å². The standard InChI is InChI=1S/C13H16FN3S/c1-8-6-17(7-9(2)15-8)13-16-11-5-10(14)3-4-12(11)18-13/h3-5,8-9,15H,6-7H2,1-2H3/t8-,9-/m1/s1. The summed E-state index contributed by atoms with van der Waals surface area (Å²) in [5, 5.41) is 4.49. The van der Waals surface area contributed by atoms with Crippen LogP contribution in [-0.2, 0) is 0 Å². The molecule has 1 aromatic heterocycles. The number of thiazole rings is 1. The molecule has 0 bridgehead atoms. The number of piperazine rings is 1. The van der Waals surface area contributed by atoms with Crippen molar-refractivity contribution in [2.24, 2.45) is 0 Å². The van der Waals surface area contributed by atoms with Crippen molar-refractivity contribution in [1.29, 1.82) is 0 Å². The predicted octanol–water partition coefficient (Wildman–Crippen LogP) is 2.62. The fraction of sp³-hybridized carbons (Fsp3) is 0.462. The summed E-state index contributed by atoms with van der Waals surface area (Å²) >= 11 is 1.64. The predicted molar refractivity (Wildman–Crippen MR) is 73.9 cm³/mol. The summed E-state index contributed by atoms with van der Waals surface area (Å²) in [6.07, 6.45) is 0. The van der Waals surface area contributed by atoms with Gasteiger partial charge in [0.15, 0.2) is 5.13 Å². The van der Waals surface area contributed by atoms with Crippen LogP contribution in [0.3, 0.4) is 0 Å². The van der Waals surface area contributed by atoms with Crippen LogP contribution in [-0.4, -0.2) is 30.2 Å². The summed E-state index contributed by atoms with van der Waals surface area (Å²) in [6, 6.07) is 5.72. The van der Waals surface area contributed by atoms with E-state index in [2.05, 4.69) is 29.0 Å². The molecule has 1 aliphatic rings. The van der Waals surface area contributed by atoms with E-state index in [1.54, 1.807) is 17.4 Å². The highest BCUT2D eigenvalue weighted by Crippen LogP contribution is 2.30. The number of aromatic nitrogens is 1. The minimum Gasteiger partial charge on any atom is -0.345 e. The number of nitrogens with zero attached hydrogens (tertiary/aromatic N) is 2. The van der Waals surface area contributed by atoms with Gasteiger partial charge in [0.05, 0.1) is 10.2 Å². The number of benzene rings is 1. The molecule has 0 radical (unpaired) electrons. The second kappa shape index (κ2) is 4.48. The molecule has 2 atom stereocenters. The van der Waals surface area contributed by atoms with Crippen LogP contribution < -0.4 is 10.2 Å². The highest BCUT2D eigenvalue weighted by Gasteiger charge is 2.23. The Morgan fingerprint density at radius 2 is 2.06 bits per heavy atom. The van der Waals surface area contributed by atoms with E-state index in [1.165, 1.54) is 12.1 Å². The third kappa shape index (κ3) is 2.20. The Morgan fingerprint density at radius 3 is 2.78 bits per heavy atom. The second-order valence-electron chi connectivity index (χ2n) is 4.98. The number of hydrogen-bond donors (Lipinski definition) is 1. The van der Waals surface area contributed by atoms with Crippen LogP contribution in [0.1, 0.15) is 13.8 Å². The highest BCUT2D eigenvalue weighted by atomic mass is 32.1. The van der Waals surface area contributed by atoms with Gasteiger partial charge >= 0.3 is 0 Å². The summed E-state index contributed by atoms with van der Waals surface area (Å²) in [5.41, 5.74) is 0.758. The summed E-state index contributed by atoms with van der Waals surface area (Å²) in [7, 11) is 0. The van der Waals surface area contributed by atoms with Crippen LogP contribution in [0.2, 0.25) is 0 Å². The molecule has 0 saturated carbocycles. The lowest BCUT2D eigenvalue weighted by molar-refractivity contribution is 0.407. The van der Waals surface area contributed by atoms with Crippen molar-refractivity contribution >= 4 is 26.7 Å². The molecule has 1 aliphatic heterocycles. The van der Waals surface area contributed by atoms with E-state index in [0.717, 1.165) is 28.4 Å². The lowest BCUT2D eigenvalue weighted by Gasteiger charge is -2.35. The molecule has 96 valence electrons. The van der Waals surface area contributed by atoms with E-state index >= 15 is 0 Å². The Kier molecular flexibility index (Phi) is 2.95. The van der Waals surface area contributed by atoms with Gasteiger partial charge in [-0.3, -0.25) is 0 Å². The van der Waals surface area contributed by atoms with Gasteiger partial charge in [0, 0.05) is 31.2 Å². The fourth-order valence-corrected chi connectivity index (χ4v) is 3.47. The monoisotopic (exact) mass is 265 g/mol. The normalized spacial score (nSPS) is 24.7. The van der Waals surface area contributed by atoms with Gasteiger partial charge in [0.1, 0.15) is 5.82 Å². The Labute approximate surface area is 110 Å². The third-order valence-corrected chi connectivity index (χ3v) is 4.26. The molecule has 0 aliphatic carbocycles. The molecule has 2 heterocycles. The van der Waals surface area contributed by atoms with Gasteiger partial charge in [0.2, 0.25) is 0 Å². The first-order valence-corrected chi connectivity index (χ1v) is 7.00. The summed E-state index contributed by atoms with van der Waals surface area (Å²) in [5.74, 6) is -0.221. The third-order valence-electron chi connectivity index (χ3n) is 3.17. The zero-order valence-electron chi connectivity index (χ0n) is 10.5. The number of hydrogen-bond acceptors (Lipinski definition) is 4. The van der Waals surface area contributed by atoms with Crippen molar-refractivity contribution in [3.8, 4) is 0 Å². The number of fused-ring (bicyclic) bond motifs is 1. The minimum absolute atomic E-state index is 0.221. The maximum absolute atomic E-state index is 13.2. The Balaban J connectivity index is 1.93. The van der Waals surface area contributed by atoms with Crippen LogP contribution >= 0.6 is 11.3 Å². The van der Waals surface area contributed by atoms with E-state index in [9.17, 15) is 4.39 Å². The van der Waals surface area contributed by atoms with Crippen LogP contribution in [0.4, 0.5) is 9.52 Å². The van der Waals surface area contributed by atoms with Gasteiger partial charge in [-0.25, -0.2) is 9.37 Å². The van der Waals surface area contributed by atoms with Gasteiger partial charge in [-0.15, -0.1) is 0 Å². The topological polar surface area (TPSA) is 28.2 Å². The molecule has 2 aromatic rings. The van der Waals surface area contributed by atoms with E-state index in [0.29, 0.717) is 12.1 Å². The summed E-state index contributed by atoms with van der Waals surface area (Å²) in [6.45, 7) is 6.25. The zero-order chi connectivity index (χ0) is 12.7. The number of halogens is 1. The lowest BCUT2D eigenvalue weighted by atomic mass is 10.2. The minimum atomic E-state index is -0.221. The van der Waals surface area contributed by atoms with Crippen LogP contribution in [0, 0.1) is 5.82 Å². The molecule has 3 rings (SSSR count). The number of rotatable bonds is 1. The van der Waals surface area contributed by atoms with Gasteiger partial charge in [0.25, 0.3) is 0 Å². The lowest BCUT2D eigenvalue weighted by Crippen LogP contribution is -2.54. The molecule has 3 nitrogen and oxygen atoms in total. The first-order chi connectivity index (χ1) is 8.61. The molecule has 1 saturated heterocycles. The molecule has 18 heavy (non-hydrogen) atoms. The van der Waals surface area contributed by atoms with Crippen molar-refractivity contribution in [1.82, 2.24) is 10.3 Å². The van der Waals surface area contributed by atoms with Crippen molar-refractivity contribution in [3.05, 3.63) is 24.0 Å². The Morgan fingerprint density at radius 1 is 1.33 bits per heavy atom. The van der Waals surface area contributed by atoms with Gasteiger partial charge < -0.3 is 10.2 Å². The van der Waals surface area contributed by atoms with Crippen molar-refractivity contribution in [2.75, 3.05) is 18.0 Å². The molecule has 1 N–H and O–H groups in total. The Bertz CT molecular complexity index is 558. The van der Waals surface area contributed by atoms with Gasteiger partial charge in [-0.1, -0.05) is 11.3 Å². The van der Waals surface area contributed by atoms with Crippen molar-refractivity contribution in [3.63, 3.8) is 0 Å². The quantitative estimate of drug-likeness (QED) is 0.859. The molecule has 0 spiro atoms. The Hall–Kier alpha value is -1.20. The average Bonchev–Trinajstić information content (AvgIpc) is 2.70. The maximum atomic E-state index is 13.2. The molecule has 1 fully saturated rings. The fourth-order valence-electron chi connectivity index (χ4n) is 2.51. The summed E-state index contributed by atoms with van der Waals surface area (Å²) in [4.78, 5) is 6.83. The zero-order valence-corrected chi connectivity index (χ0v) is 11.3. The second-order valence-corrected chi connectivity index (χ2v) is 5.99. The maximum Gasteiger partial charge on any atom is 0.186 e. The van der Waals surface area contributed by atoms with Gasteiger partial charge in [-0.05, 0) is 26.0 Å². The van der Waals surface area contributed by atoms with Crippen molar-refractivity contribution < 1.29 is 4.39 Å². The van der Waals surface area contributed by atoms with Crippen LogP contribution in [0.15, 0.2) is 18.2 Å². The van der Waals surface area contributed by atoms with Crippen molar-refractivity contribution in [2.45, 2.75) is 25.9 Å². The van der Waals surface area contributed by atoms with E-state index in [4.69, 9.17) is 0 Å². The van der Waals surface area contributed by atoms with E-state index in [1.807, 2.05) is 0 Å². The first-order valence-electron chi connectivity index (χ1n) is 6.19. The van der Waals surface area contributed by atoms with Crippen LogP contribution in [0.5, 0.6) is 0 Å². The largest absolute Gasteiger partial charge is 0.345 e. The first kappa shape index (κ1) is 11.9. The van der Waals surface area contributed by atoms with Gasteiger partial charge in [-0.2, -0.15) is 0 Å². The SMILES string of the molecule is C[C@@H]1CN(c2nc3cc(F)ccc3s2)C[C@@H](C)N1. The molecule has 5 heteroatoms. The highest BCUT2D eigenvalue weighted by molar-refractivity contribution is 7.22. The molecular formula is C13H16FN3S. The van der Waals surface area contributed by atoms with E-state index in [-0.39, 0.29) is 5.82 Å². The molecular weight excluding hydrogens is 249 g/mol. The molecule has 1 aromatic carbocycles. The number of anilines is 1. The van der Waals surface area contributed by atoms with E-state index < -0.39 is 0 Å². The molecule has 0 unspecified atom stereocenters. The average molecular weight is 265 g/mol. The molecule has 0 amide bonds. The number of nitrogens with one attached hydrogen (secondary N) is 1.